The van der Waals surface area contributed by atoms with Crippen LogP contribution in [-0.4, -0.2) is 41.3 Å². The highest BCUT2D eigenvalue weighted by Crippen LogP contribution is 2.31. The van der Waals surface area contributed by atoms with Crippen LogP contribution in [0.1, 0.15) is 21.5 Å². The van der Waals surface area contributed by atoms with Crippen molar-refractivity contribution >= 4 is 46.7 Å². The van der Waals surface area contributed by atoms with Gasteiger partial charge in [-0.15, -0.1) is 0 Å². The second-order valence-electron chi connectivity index (χ2n) is 6.13. The molecule has 5 nitrogen and oxygen atoms in total. The van der Waals surface area contributed by atoms with E-state index in [1.165, 1.54) is 4.90 Å². The summed E-state index contributed by atoms with van der Waals surface area (Å²) in [4.78, 5) is 38.4. The third kappa shape index (κ3) is 5.05. The summed E-state index contributed by atoms with van der Waals surface area (Å²) in [6, 6.07) is 16.8. The van der Waals surface area contributed by atoms with Crippen molar-refractivity contribution in [2.75, 3.05) is 19.3 Å². The number of thioether (sulfide) groups is 2. The lowest BCUT2D eigenvalue weighted by molar-refractivity contribution is -0.122. The maximum atomic E-state index is 12.5. The lowest BCUT2D eigenvalue weighted by atomic mass is 10.1. The summed E-state index contributed by atoms with van der Waals surface area (Å²) in [5.41, 5.74) is 2.58. The molecule has 3 rings (SSSR count). The first-order chi connectivity index (χ1) is 13.6. The lowest BCUT2D eigenvalue weighted by Gasteiger charge is -2.13. The van der Waals surface area contributed by atoms with Gasteiger partial charge in [-0.3, -0.25) is 19.3 Å². The SMILES string of the molecule is CSCc1ccc(C(=O)NCCN2C(=O)SC(=Cc3ccccc3)C2=O)cc1. The number of hydrogen-bond acceptors (Lipinski definition) is 5. The van der Waals surface area contributed by atoms with Crippen LogP contribution in [0.2, 0.25) is 0 Å². The van der Waals surface area contributed by atoms with Gasteiger partial charge in [0.25, 0.3) is 17.1 Å². The number of benzene rings is 2. The second kappa shape index (κ2) is 9.61. The first-order valence-corrected chi connectivity index (χ1v) is 11.0. The van der Waals surface area contributed by atoms with Crippen LogP contribution in [0, 0.1) is 0 Å². The molecule has 0 atom stereocenters. The highest BCUT2D eigenvalue weighted by Gasteiger charge is 2.34. The fraction of sp³-hybridized carbons (Fsp3) is 0.190. The molecule has 1 aliphatic heterocycles. The Morgan fingerprint density at radius 2 is 1.82 bits per heavy atom. The monoisotopic (exact) mass is 412 g/mol. The molecule has 1 heterocycles. The van der Waals surface area contributed by atoms with Gasteiger partial charge in [0.1, 0.15) is 0 Å². The minimum atomic E-state index is -0.325. The van der Waals surface area contributed by atoms with Crippen LogP contribution in [0.25, 0.3) is 6.08 Å². The normalized spacial score (nSPS) is 15.3. The van der Waals surface area contributed by atoms with Gasteiger partial charge < -0.3 is 5.32 Å². The van der Waals surface area contributed by atoms with Crippen LogP contribution < -0.4 is 5.32 Å². The van der Waals surface area contributed by atoms with E-state index in [1.54, 1.807) is 30.0 Å². The second-order valence-corrected chi connectivity index (χ2v) is 7.99. The standard InChI is InChI=1S/C21H20N2O3S2/c1-27-14-16-7-9-17(10-8-16)19(24)22-11-12-23-20(25)18(28-21(23)26)13-15-5-3-2-4-6-15/h2-10,13H,11-12,14H2,1H3,(H,22,24). The van der Waals surface area contributed by atoms with Crippen LogP contribution in [0.5, 0.6) is 0 Å². The molecule has 7 heteroatoms. The van der Waals surface area contributed by atoms with Gasteiger partial charge in [0, 0.05) is 24.4 Å². The molecule has 1 saturated heterocycles. The summed E-state index contributed by atoms with van der Waals surface area (Å²) in [6.07, 6.45) is 3.74. The van der Waals surface area contributed by atoms with Crippen molar-refractivity contribution in [3.63, 3.8) is 0 Å². The molecule has 1 aliphatic rings. The van der Waals surface area contributed by atoms with Gasteiger partial charge in [0.15, 0.2) is 0 Å². The average Bonchev–Trinajstić information content (AvgIpc) is 2.97. The maximum absolute atomic E-state index is 12.5. The zero-order valence-electron chi connectivity index (χ0n) is 15.4. The van der Waals surface area contributed by atoms with Crippen molar-refractivity contribution in [1.82, 2.24) is 10.2 Å². The van der Waals surface area contributed by atoms with E-state index in [9.17, 15) is 14.4 Å². The maximum Gasteiger partial charge on any atom is 0.293 e. The van der Waals surface area contributed by atoms with Gasteiger partial charge >= 0.3 is 0 Å². The number of hydrogen-bond donors (Lipinski definition) is 1. The Balaban J connectivity index is 1.54. The average molecular weight is 413 g/mol. The highest BCUT2D eigenvalue weighted by atomic mass is 32.2. The molecule has 1 N–H and O–H groups in total. The van der Waals surface area contributed by atoms with E-state index in [1.807, 2.05) is 48.7 Å². The smallest absolute Gasteiger partial charge is 0.293 e. The third-order valence-electron chi connectivity index (χ3n) is 4.12. The van der Waals surface area contributed by atoms with Crippen LogP contribution in [0.4, 0.5) is 4.79 Å². The van der Waals surface area contributed by atoms with Crippen LogP contribution in [0.15, 0.2) is 59.5 Å². The van der Waals surface area contributed by atoms with Crippen molar-refractivity contribution < 1.29 is 14.4 Å². The number of amides is 3. The summed E-state index contributed by atoms with van der Waals surface area (Å²) in [7, 11) is 0. The van der Waals surface area contributed by atoms with Crippen LogP contribution in [0.3, 0.4) is 0 Å². The molecule has 0 saturated carbocycles. The molecule has 2 aromatic carbocycles. The first-order valence-electron chi connectivity index (χ1n) is 8.75. The van der Waals surface area contributed by atoms with Crippen molar-refractivity contribution in [3.8, 4) is 0 Å². The molecular weight excluding hydrogens is 392 g/mol. The van der Waals surface area contributed by atoms with Crippen LogP contribution >= 0.6 is 23.5 Å². The Kier molecular flexibility index (Phi) is 6.95. The molecule has 0 radical (unpaired) electrons. The zero-order chi connectivity index (χ0) is 19.9. The predicted octanol–water partition coefficient (Wildman–Crippen LogP) is 4.02. The van der Waals surface area contributed by atoms with Crippen molar-refractivity contribution in [1.29, 1.82) is 0 Å². The quantitative estimate of drug-likeness (QED) is 0.696. The molecule has 0 aromatic heterocycles. The molecule has 1 fully saturated rings. The van der Waals surface area contributed by atoms with Crippen molar-refractivity contribution in [2.24, 2.45) is 0 Å². The Hall–Kier alpha value is -2.51. The molecule has 144 valence electrons. The van der Waals surface area contributed by atoms with E-state index >= 15 is 0 Å². The molecule has 0 aliphatic carbocycles. The van der Waals surface area contributed by atoms with E-state index in [0.29, 0.717) is 10.5 Å². The van der Waals surface area contributed by atoms with Crippen molar-refractivity contribution in [3.05, 3.63) is 76.2 Å². The molecular formula is C21H20N2O3S2. The van der Waals surface area contributed by atoms with E-state index in [0.717, 1.165) is 28.6 Å². The third-order valence-corrected chi connectivity index (χ3v) is 5.65. The minimum absolute atomic E-state index is 0.146. The summed E-state index contributed by atoms with van der Waals surface area (Å²) >= 11 is 2.64. The van der Waals surface area contributed by atoms with Gasteiger partial charge in [0.2, 0.25) is 0 Å². The lowest BCUT2D eigenvalue weighted by Crippen LogP contribution is -2.37. The summed E-state index contributed by atoms with van der Waals surface area (Å²) in [5.74, 6) is 0.356. The number of imide groups is 1. The van der Waals surface area contributed by atoms with Gasteiger partial charge in [0.05, 0.1) is 4.91 Å². The Morgan fingerprint density at radius 1 is 1.11 bits per heavy atom. The van der Waals surface area contributed by atoms with E-state index < -0.39 is 0 Å². The molecule has 3 amide bonds. The van der Waals surface area contributed by atoms with Gasteiger partial charge in [-0.25, -0.2) is 0 Å². The predicted molar refractivity (Wildman–Crippen MR) is 115 cm³/mol. The summed E-state index contributed by atoms with van der Waals surface area (Å²) in [5, 5.41) is 2.45. The molecule has 0 spiro atoms. The number of nitrogens with one attached hydrogen (secondary N) is 1. The van der Waals surface area contributed by atoms with E-state index in [-0.39, 0.29) is 30.1 Å². The van der Waals surface area contributed by atoms with Gasteiger partial charge in [-0.05, 0) is 47.4 Å². The number of carbonyl (C=O) groups excluding carboxylic acids is 3. The first kappa shape index (κ1) is 20.2. The minimum Gasteiger partial charge on any atom is -0.350 e. The van der Waals surface area contributed by atoms with E-state index in [2.05, 4.69) is 5.32 Å². The topological polar surface area (TPSA) is 66.5 Å². The highest BCUT2D eigenvalue weighted by molar-refractivity contribution is 8.18. The Bertz CT molecular complexity index is 896. The fourth-order valence-electron chi connectivity index (χ4n) is 2.70. The van der Waals surface area contributed by atoms with Gasteiger partial charge in [-0.2, -0.15) is 11.8 Å². The van der Waals surface area contributed by atoms with Crippen LogP contribution in [-0.2, 0) is 10.5 Å². The molecule has 28 heavy (non-hydrogen) atoms. The van der Waals surface area contributed by atoms with Crippen molar-refractivity contribution in [2.45, 2.75) is 5.75 Å². The number of nitrogens with zero attached hydrogens (tertiary/aromatic N) is 1. The Labute approximate surface area is 172 Å². The molecule has 0 bridgehead atoms. The summed E-state index contributed by atoms with van der Waals surface area (Å²) < 4.78 is 0. The number of carbonyl (C=O) groups is 3. The molecule has 2 aromatic rings. The number of rotatable bonds is 7. The fourth-order valence-corrected chi connectivity index (χ4v) is 4.09. The van der Waals surface area contributed by atoms with Gasteiger partial charge in [-0.1, -0.05) is 42.5 Å². The largest absolute Gasteiger partial charge is 0.350 e. The summed E-state index contributed by atoms with van der Waals surface area (Å²) in [6.45, 7) is 0.356. The molecule has 0 unspecified atom stereocenters. The zero-order valence-corrected chi connectivity index (χ0v) is 17.0. The Morgan fingerprint density at radius 3 is 2.50 bits per heavy atom. The van der Waals surface area contributed by atoms with E-state index in [4.69, 9.17) is 0 Å².